The van der Waals surface area contributed by atoms with Crippen molar-refractivity contribution in [2.75, 3.05) is 0 Å². The number of hydrogen-bond donors (Lipinski definition) is 1. The summed E-state index contributed by atoms with van der Waals surface area (Å²) < 4.78 is 5.28. The normalized spacial score (nSPS) is 12.3. The van der Waals surface area contributed by atoms with Crippen molar-refractivity contribution >= 4 is 5.69 Å². The van der Waals surface area contributed by atoms with Gasteiger partial charge in [-0.15, -0.1) is 0 Å². The molecule has 1 atom stereocenters. The first-order valence-electron chi connectivity index (χ1n) is 5.67. The molecule has 5 nitrogen and oxygen atoms in total. The molecule has 0 saturated heterocycles. The predicted molar refractivity (Wildman–Crippen MR) is 67.1 cm³/mol. The molecule has 0 radical (unpaired) electrons. The van der Waals surface area contributed by atoms with Gasteiger partial charge in [0, 0.05) is 18.7 Å². The number of hydrogen-bond acceptors (Lipinski definition) is 4. The van der Waals surface area contributed by atoms with Gasteiger partial charge in [0.25, 0.3) is 5.69 Å². The monoisotopic (exact) mass is 246 g/mol. The van der Waals surface area contributed by atoms with E-state index in [2.05, 4.69) is 5.32 Å². The summed E-state index contributed by atoms with van der Waals surface area (Å²) in [7, 11) is 0. The standard InChI is InChI=1S/C13H14N2O3/c1-10(13-3-2-8-18-13)14-9-11-4-6-12(7-5-11)15(16)17/h2-8,10,14H,9H2,1H3/t10-/m0/s1. The average Bonchev–Trinajstić information content (AvgIpc) is 2.90. The van der Waals surface area contributed by atoms with Crippen molar-refractivity contribution in [3.63, 3.8) is 0 Å². The third-order valence-electron chi connectivity index (χ3n) is 2.73. The third-order valence-corrected chi connectivity index (χ3v) is 2.73. The molecule has 1 heterocycles. The Morgan fingerprint density at radius 3 is 2.61 bits per heavy atom. The summed E-state index contributed by atoms with van der Waals surface area (Å²) in [4.78, 5) is 10.1. The van der Waals surface area contributed by atoms with Gasteiger partial charge in [-0.3, -0.25) is 10.1 Å². The highest BCUT2D eigenvalue weighted by molar-refractivity contribution is 5.32. The van der Waals surface area contributed by atoms with E-state index in [1.807, 2.05) is 19.1 Å². The molecule has 1 aromatic heterocycles. The van der Waals surface area contributed by atoms with Crippen LogP contribution in [0.5, 0.6) is 0 Å². The maximum Gasteiger partial charge on any atom is 0.269 e. The molecule has 0 saturated carbocycles. The van der Waals surface area contributed by atoms with E-state index in [1.54, 1.807) is 18.4 Å². The first kappa shape index (κ1) is 12.3. The third kappa shape index (κ3) is 2.95. The molecule has 0 aliphatic rings. The van der Waals surface area contributed by atoms with Crippen molar-refractivity contribution in [2.24, 2.45) is 0 Å². The lowest BCUT2D eigenvalue weighted by molar-refractivity contribution is -0.384. The fourth-order valence-corrected chi connectivity index (χ4v) is 1.64. The Balaban J connectivity index is 1.92. The van der Waals surface area contributed by atoms with E-state index >= 15 is 0 Å². The zero-order valence-corrected chi connectivity index (χ0v) is 10.00. The lowest BCUT2D eigenvalue weighted by Crippen LogP contribution is -2.17. The largest absolute Gasteiger partial charge is 0.468 e. The number of furan rings is 1. The number of nitrogens with one attached hydrogen (secondary N) is 1. The van der Waals surface area contributed by atoms with Crippen molar-refractivity contribution in [3.8, 4) is 0 Å². The molecule has 2 rings (SSSR count). The Morgan fingerprint density at radius 2 is 2.06 bits per heavy atom. The lowest BCUT2D eigenvalue weighted by Gasteiger charge is -2.10. The van der Waals surface area contributed by atoms with Gasteiger partial charge in [-0.1, -0.05) is 12.1 Å². The fraction of sp³-hybridized carbons (Fsp3) is 0.231. The van der Waals surface area contributed by atoms with E-state index in [4.69, 9.17) is 4.42 Å². The summed E-state index contributed by atoms with van der Waals surface area (Å²) in [5.41, 5.74) is 1.11. The Morgan fingerprint density at radius 1 is 1.33 bits per heavy atom. The number of non-ortho nitro benzene ring substituents is 1. The minimum absolute atomic E-state index is 0.107. The molecule has 1 N–H and O–H groups in total. The molecule has 2 aromatic rings. The quantitative estimate of drug-likeness (QED) is 0.650. The van der Waals surface area contributed by atoms with Gasteiger partial charge in [0.15, 0.2) is 0 Å². The Kier molecular flexibility index (Phi) is 3.74. The van der Waals surface area contributed by atoms with Crippen LogP contribution in [-0.2, 0) is 6.54 Å². The van der Waals surface area contributed by atoms with Crippen molar-refractivity contribution in [1.29, 1.82) is 0 Å². The fourth-order valence-electron chi connectivity index (χ4n) is 1.64. The van der Waals surface area contributed by atoms with Crippen LogP contribution in [0.15, 0.2) is 47.1 Å². The molecular weight excluding hydrogens is 232 g/mol. The van der Waals surface area contributed by atoms with Crippen molar-refractivity contribution in [3.05, 3.63) is 64.1 Å². The number of nitro groups is 1. The molecule has 0 bridgehead atoms. The Bertz CT molecular complexity index is 506. The molecule has 0 spiro atoms. The summed E-state index contributed by atoms with van der Waals surface area (Å²) in [6, 6.07) is 10.4. The second-order valence-corrected chi connectivity index (χ2v) is 4.04. The van der Waals surface area contributed by atoms with Crippen LogP contribution in [0.4, 0.5) is 5.69 Å². The molecule has 0 fully saturated rings. The summed E-state index contributed by atoms with van der Waals surface area (Å²) in [5, 5.41) is 13.8. The van der Waals surface area contributed by atoms with Crippen LogP contribution >= 0.6 is 0 Å². The van der Waals surface area contributed by atoms with Crippen LogP contribution in [0.1, 0.15) is 24.3 Å². The highest BCUT2D eigenvalue weighted by atomic mass is 16.6. The van der Waals surface area contributed by atoms with Crippen LogP contribution in [-0.4, -0.2) is 4.92 Å². The molecular formula is C13H14N2O3. The Labute approximate surface area is 105 Å². The van der Waals surface area contributed by atoms with E-state index in [0.717, 1.165) is 11.3 Å². The number of rotatable bonds is 5. The van der Waals surface area contributed by atoms with Crippen molar-refractivity contribution in [2.45, 2.75) is 19.5 Å². The van der Waals surface area contributed by atoms with Crippen LogP contribution in [0, 0.1) is 10.1 Å². The molecule has 94 valence electrons. The number of nitro benzene ring substituents is 1. The van der Waals surface area contributed by atoms with Gasteiger partial charge in [-0.2, -0.15) is 0 Å². The smallest absolute Gasteiger partial charge is 0.269 e. The predicted octanol–water partition coefficient (Wildman–Crippen LogP) is 3.04. The maximum absolute atomic E-state index is 10.5. The van der Waals surface area contributed by atoms with Gasteiger partial charge in [-0.05, 0) is 24.6 Å². The van der Waals surface area contributed by atoms with E-state index in [1.165, 1.54) is 12.1 Å². The van der Waals surface area contributed by atoms with Gasteiger partial charge in [-0.25, -0.2) is 0 Å². The SMILES string of the molecule is C[C@H](NCc1ccc([N+](=O)[O-])cc1)c1ccco1. The number of benzene rings is 1. The highest BCUT2D eigenvalue weighted by Crippen LogP contribution is 2.15. The van der Waals surface area contributed by atoms with E-state index < -0.39 is 4.92 Å². The maximum atomic E-state index is 10.5. The first-order chi connectivity index (χ1) is 8.66. The number of nitrogens with zero attached hydrogens (tertiary/aromatic N) is 1. The Hall–Kier alpha value is -2.14. The summed E-state index contributed by atoms with van der Waals surface area (Å²) in [6.07, 6.45) is 1.64. The van der Waals surface area contributed by atoms with Crippen molar-refractivity contribution < 1.29 is 9.34 Å². The zero-order chi connectivity index (χ0) is 13.0. The van der Waals surface area contributed by atoms with Crippen LogP contribution < -0.4 is 5.32 Å². The molecule has 5 heteroatoms. The summed E-state index contributed by atoms with van der Waals surface area (Å²) in [6.45, 7) is 2.64. The minimum atomic E-state index is -0.400. The second kappa shape index (κ2) is 5.46. The lowest BCUT2D eigenvalue weighted by atomic mass is 10.2. The summed E-state index contributed by atoms with van der Waals surface area (Å²) in [5.74, 6) is 0.872. The van der Waals surface area contributed by atoms with Crippen LogP contribution in [0.3, 0.4) is 0 Å². The minimum Gasteiger partial charge on any atom is -0.468 e. The molecule has 0 unspecified atom stereocenters. The van der Waals surface area contributed by atoms with E-state index in [0.29, 0.717) is 6.54 Å². The highest BCUT2D eigenvalue weighted by Gasteiger charge is 2.08. The summed E-state index contributed by atoms with van der Waals surface area (Å²) >= 11 is 0. The van der Waals surface area contributed by atoms with E-state index in [-0.39, 0.29) is 11.7 Å². The van der Waals surface area contributed by atoms with Gasteiger partial charge in [0.1, 0.15) is 5.76 Å². The second-order valence-electron chi connectivity index (χ2n) is 4.04. The van der Waals surface area contributed by atoms with Crippen LogP contribution in [0.25, 0.3) is 0 Å². The molecule has 0 aliphatic carbocycles. The molecule has 1 aromatic carbocycles. The van der Waals surface area contributed by atoms with E-state index in [9.17, 15) is 10.1 Å². The van der Waals surface area contributed by atoms with Gasteiger partial charge in [0.2, 0.25) is 0 Å². The van der Waals surface area contributed by atoms with Gasteiger partial charge in [0.05, 0.1) is 17.2 Å². The average molecular weight is 246 g/mol. The topological polar surface area (TPSA) is 68.3 Å². The van der Waals surface area contributed by atoms with Crippen molar-refractivity contribution in [1.82, 2.24) is 5.32 Å². The van der Waals surface area contributed by atoms with Gasteiger partial charge >= 0.3 is 0 Å². The molecule has 18 heavy (non-hydrogen) atoms. The van der Waals surface area contributed by atoms with Gasteiger partial charge < -0.3 is 9.73 Å². The molecule has 0 amide bonds. The first-order valence-corrected chi connectivity index (χ1v) is 5.67. The van der Waals surface area contributed by atoms with Crippen LogP contribution in [0.2, 0.25) is 0 Å². The zero-order valence-electron chi connectivity index (χ0n) is 10.00. The molecule has 0 aliphatic heterocycles.